The molecule has 0 radical (unpaired) electrons. The Morgan fingerprint density at radius 3 is 3.00 bits per heavy atom. The number of aryl methyl sites for hydroxylation is 1. The first-order chi connectivity index (χ1) is 8.78. The van der Waals surface area contributed by atoms with E-state index in [1.807, 2.05) is 13.0 Å². The minimum atomic E-state index is 0.623. The van der Waals surface area contributed by atoms with Crippen LogP contribution in [0, 0.1) is 6.92 Å². The molecule has 1 aliphatic heterocycles. The minimum Gasteiger partial charge on any atom is -0.465 e. The Hall–Kier alpha value is -0.840. The van der Waals surface area contributed by atoms with Gasteiger partial charge in [0.1, 0.15) is 11.5 Å². The summed E-state index contributed by atoms with van der Waals surface area (Å²) < 4.78 is 10.8. The first-order valence-corrected chi connectivity index (χ1v) is 6.78. The number of hydrogen-bond acceptors (Lipinski definition) is 4. The summed E-state index contributed by atoms with van der Waals surface area (Å²) >= 11 is 0. The summed E-state index contributed by atoms with van der Waals surface area (Å²) in [4.78, 5) is 2.41. The Balaban J connectivity index is 1.86. The number of hydrogen-bond donors (Lipinski definition) is 1. The van der Waals surface area contributed by atoms with Crippen LogP contribution in [0.1, 0.15) is 24.4 Å². The third kappa shape index (κ3) is 4.12. The fourth-order valence-electron chi connectivity index (χ4n) is 2.47. The topological polar surface area (TPSA) is 37.6 Å². The normalized spacial score (nSPS) is 19.8. The van der Waals surface area contributed by atoms with Crippen LogP contribution in [0.5, 0.6) is 0 Å². The van der Waals surface area contributed by atoms with Gasteiger partial charge in [0, 0.05) is 26.2 Å². The predicted octanol–water partition coefficient (Wildman–Crippen LogP) is 1.79. The average Bonchev–Trinajstić information content (AvgIpc) is 2.98. The maximum Gasteiger partial charge on any atom is 0.118 e. The fourth-order valence-corrected chi connectivity index (χ4v) is 2.47. The molecule has 0 spiro atoms. The van der Waals surface area contributed by atoms with Gasteiger partial charge in [0.2, 0.25) is 0 Å². The highest BCUT2D eigenvalue weighted by Crippen LogP contribution is 2.12. The lowest BCUT2D eigenvalue weighted by Crippen LogP contribution is -2.38. The van der Waals surface area contributed by atoms with E-state index in [0.717, 1.165) is 44.3 Å². The molecule has 1 atom stereocenters. The van der Waals surface area contributed by atoms with Crippen LogP contribution < -0.4 is 5.32 Å². The molecule has 4 heteroatoms. The maximum absolute atomic E-state index is 5.66. The summed E-state index contributed by atoms with van der Waals surface area (Å²) in [5, 5.41) is 3.54. The highest BCUT2D eigenvalue weighted by Gasteiger charge is 2.18. The molecular weight excluding hydrogens is 228 g/mol. The number of nitrogens with one attached hydrogen (secondary N) is 1. The van der Waals surface area contributed by atoms with Crippen LogP contribution in [0.15, 0.2) is 16.5 Å². The van der Waals surface area contributed by atoms with E-state index in [-0.39, 0.29) is 0 Å². The lowest BCUT2D eigenvalue weighted by molar-refractivity contribution is 0.133. The van der Waals surface area contributed by atoms with Crippen LogP contribution >= 0.6 is 0 Å². The molecule has 2 heterocycles. The quantitative estimate of drug-likeness (QED) is 0.803. The smallest absolute Gasteiger partial charge is 0.118 e. The Kier molecular flexibility index (Phi) is 5.23. The fraction of sp³-hybridized carbons (Fsp3) is 0.714. The highest BCUT2D eigenvalue weighted by atomic mass is 16.5. The molecule has 0 aliphatic carbocycles. The van der Waals surface area contributed by atoms with Gasteiger partial charge in [-0.2, -0.15) is 0 Å². The van der Waals surface area contributed by atoms with Gasteiger partial charge in [-0.05, 0) is 38.4 Å². The lowest BCUT2D eigenvalue weighted by atomic mass is 10.2. The monoisotopic (exact) mass is 252 g/mol. The maximum atomic E-state index is 5.66. The molecule has 1 N–H and O–H groups in total. The van der Waals surface area contributed by atoms with Crippen LogP contribution in [0.3, 0.4) is 0 Å². The van der Waals surface area contributed by atoms with Crippen molar-refractivity contribution in [1.29, 1.82) is 0 Å². The van der Waals surface area contributed by atoms with Crippen LogP contribution in [0.4, 0.5) is 0 Å². The molecule has 1 unspecified atom stereocenters. The number of nitrogens with zero attached hydrogens (tertiary/aromatic N) is 1. The zero-order chi connectivity index (χ0) is 12.8. The number of furan rings is 1. The Morgan fingerprint density at radius 2 is 2.39 bits per heavy atom. The van der Waals surface area contributed by atoms with Gasteiger partial charge >= 0.3 is 0 Å². The number of methoxy groups -OCH3 is 1. The second-order valence-corrected chi connectivity index (χ2v) is 5.03. The van der Waals surface area contributed by atoms with E-state index in [2.05, 4.69) is 16.3 Å². The van der Waals surface area contributed by atoms with Crippen molar-refractivity contribution in [3.8, 4) is 0 Å². The molecule has 2 rings (SSSR count). The molecule has 0 aromatic carbocycles. The van der Waals surface area contributed by atoms with Crippen molar-refractivity contribution >= 4 is 0 Å². The summed E-state index contributed by atoms with van der Waals surface area (Å²) in [6.07, 6.45) is 2.57. The second kappa shape index (κ2) is 6.92. The Bertz CT molecular complexity index is 345. The Morgan fingerprint density at radius 1 is 1.50 bits per heavy atom. The second-order valence-electron chi connectivity index (χ2n) is 5.03. The summed E-state index contributed by atoms with van der Waals surface area (Å²) in [5.41, 5.74) is 0. The summed E-state index contributed by atoms with van der Waals surface area (Å²) in [7, 11) is 1.75. The van der Waals surface area contributed by atoms with Gasteiger partial charge in [0.15, 0.2) is 0 Å². The molecule has 1 aliphatic rings. The largest absolute Gasteiger partial charge is 0.465 e. The predicted molar refractivity (Wildman–Crippen MR) is 71.6 cm³/mol. The molecule has 18 heavy (non-hydrogen) atoms. The molecule has 0 saturated carbocycles. The molecule has 4 nitrogen and oxygen atoms in total. The third-order valence-corrected chi connectivity index (χ3v) is 3.43. The first-order valence-electron chi connectivity index (χ1n) is 6.78. The van der Waals surface area contributed by atoms with Crippen molar-refractivity contribution in [2.45, 2.75) is 32.4 Å². The summed E-state index contributed by atoms with van der Waals surface area (Å²) in [6, 6.07) is 4.72. The van der Waals surface area contributed by atoms with E-state index < -0.39 is 0 Å². The van der Waals surface area contributed by atoms with Crippen LogP contribution in [-0.4, -0.2) is 44.3 Å². The minimum absolute atomic E-state index is 0.623. The van der Waals surface area contributed by atoms with Gasteiger partial charge < -0.3 is 14.5 Å². The van der Waals surface area contributed by atoms with Gasteiger partial charge in [-0.3, -0.25) is 4.90 Å². The van der Waals surface area contributed by atoms with Crippen molar-refractivity contribution in [1.82, 2.24) is 10.2 Å². The standard InChI is InChI=1S/C14H24N2O2/c1-12-5-6-14(18-12)11-16(8-9-17-2)10-13-4-3-7-15-13/h5-6,13,15H,3-4,7-11H2,1-2H3. The van der Waals surface area contributed by atoms with E-state index in [4.69, 9.17) is 9.15 Å². The van der Waals surface area contributed by atoms with E-state index in [1.165, 1.54) is 12.8 Å². The van der Waals surface area contributed by atoms with Crippen molar-refractivity contribution in [2.24, 2.45) is 0 Å². The van der Waals surface area contributed by atoms with Crippen molar-refractivity contribution < 1.29 is 9.15 Å². The summed E-state index contributed by atoms with van der Waals surface area (Å²) in [6.45, 7) is 6.81. The zero-order valence-corrected chi connectivity index (χ0v) is 11.4. The van der Waals surface area contributed by atoms with Gasteiger partial charge in [0.25, 0.3) is 0 Å². The number of ether oxygens (including phenoxy) is 1. The van der Waals surface area contributed by atoms with E-state index in [9.17, 15) is 0 Å². The number of rotatable bonds is 7. The van der Waals surface area contributed by atoms with E-state index in [0.29, 0.717) is 6.04 Å². The van der Waals surface area contributed by atoms with E-state index >= 15 is 0 Å². The van der Waals surface area contributed by atoms with Crippen LogP contribution in [-0.2, 0) is 11.3 Å². The van der Waals surface area contributed by atoms with Crippen molar-refractivity contribution in [3.05, 3.63) is 23.7 Å². The zero-order valence-electron chi connectivity index (χ0n) is 11.4. The highest BCUT2D eigenvalue weighted by molar-refractivity contribution is 5.05. The molecule has 0 bridgehead atoms. The van der Waals surface area contributed by atoms with Crippen molar-refractivity contribution in [2.75, 3.05) is 33.4 Å². The molecule has 1 saturated heterocycles. The molecule has 102 valence electrons. The molecule has 1 fully saturated rings. The van der Waals surface area contributed by atoms with Crippen molar-refractivity contribution in [3.63, 3.8) is 0 Å². The summed E-state index contributed by atoms with van der Waals surface area (Å²) in [5.74, 6) is 2.03. The van der Waals surface area contributed by atoms with Crippen LogP contribution in [0.25, 0.3) is 0 Å². The van der Waals surface area contributed by atoms with Gasteiger partial charge in [-0.25, -0.2) is 0 Å². The van der Waals surface area contributed by atoms with E-state index in [1.54, 1.807) is 7.11 Å². The van der Waals surface area contributed by atoms with Gasteiger partial charge in [-0.1, -0.05) is 0 Å². The lowest BCUT2D eigenvalue weighted by Gasteiger charge is -2.24. The molecule has 1 aromatic heterocycles. The average molecular weight is 252 g/mol. The third-order valence-electron chi connectivity index (χ3n) is 3.43. The van der Waals surface area contributed by atoms with Gasteiger partial charge in [-0.15, -0.1) is 0 Å². The Labute approximate surface area is 109 Å². The first kappa shape index (κ1) is 13.6. The molecular formula is C14H24N2O2. The molecule has 1 aromatic rings. The van der Waals surface area contributed by atoms with Crippen LogP contribution in [0.2, 0.25) is 0 Å². The molecule has 0 amide bonds. The van der Waals surface area contributed by atoms with Gasteiger partial charge in [0.05, 0.1) is 13.2 Å². The SMILES string of the molecule is COCCN(Cc1ccc(C)o1)CC1CCCN1.